The number of hydrogen-bond donors (Lipinski definition) is 0. The van der Waals surface area contributed by atoms with Gasteiger partial charge in [-0.15, -0.1) is 0 Å². The van der Waals surface area contributed by atoms with E-state index in [0.29, 0.717) is 0 Å². The first-order chi connectivity index (χ1) is 6.72. The van der Waals surface area contributed by atoms with Gasteiger partial charge in [-0.2, -0.15) is 0 Å². The molecule has 0 spiro atoms. The minimum atomic E-state index is 0. The lowest BCUT2D eigenvalue weighted by molar-refractivity contribution is 0.306. The van der Waals surface area contributed by atoms with Crippen molar-refractivity contribution < 1.29 is 10.2 Å². The molecule has 2 nitrogen and oxygen atoms in total. The van der Waals surface area contributed by atoms with Crippen LogP contribution in [0, 0.1) is 13.8 Å². The van der Waals surface area contributed by atoms with Gasteiger partial charge in [0.25, 0.3) is 0 Å². The summed E-state index contributed by atoms with van der Waals surface area (Å²) in [5, 5.41) is 0. The van der Waals surface area contributed by atoms with Gasteiger partial charge in [0.2, 0.25) is 0 Å². The van der Waals surface area contributed by atoms with Crippen molar-refractivity contribution in [2.45, 2.75) is 40.0 Å². The van der Waals surface area contributed by atoms with Crippen LogP contribution < -0.4 is 4.74 Å². The quantitative estimate of drug-likeness (QED) is 0.679. The van der Waals surface area contributed by atoms with Crippen LogP contribution in [0.15, 0.2) is 18.2 Å². The van der Waals surface area contributed by atoms with E-state index in [4.69, 9.17) is 4.74 Å². The summed E-state index contributed by atoms with van der Waals surface area (Å²) in [6, 6.07) is 6.36. The average Bonchev–Trinajstić information content (AvgIpc) is 2.11. The molecule has 1 rings (SSSR count). The third-order valence-electron chi connectivity index (χ3n) is 2.21. The standard InChI is InChI=1S/C13H20O.O/c1-4-5-6-7-14-13-9-11(2)8-12(3)10-13;/h8-10H,4-7H2,1-3H3;. The van der Waals surface area contributed by atoms with E-state index in [1.165, 1.54) is 24.0 Å². The first-order valence-corrected chi connectivity index (χ1v) is 5.43. The van der Waals surface area contributed by atoms with E-state index >= 15 is 0 Å². The highest BCUT2D eigenvalue weighted by atomic mass is 16.5. The minimum absolute atomic E-state index is 0. The highest BCUT2D eigenvalue weighted by Crippen LogP contribution is 2.16. The first-order valence-electron chi connectivity index (χ1n) is 5.43. The molecule has 1 aromatic rings. The Morgan fingerprint density at radius 2 is 1.60 bits per heavy atom. The maximum atomic E-state index is 5.67. The first kappa shape index (κ1) is 14.0. The lowest BCUT2D eigenvalue weighted by Crippen LogP contribution is -1.97. The van der Waals surface area contributed by atoms with Gasteiger partial charge in [0.05, 0.1) is 6.61 Å². The summed E-state index contributed by atoms with van der Waals surface area (Å²) in [4.78, 5) is 0. The van der Waals surface area contributed by atoms with E-state index in [1.54, 1.807) is 0 Å². The molecule has 0 aliphatic rings. The van der Waals surface area contributed by atoms with Crippen LogP contribution in [0.1, 0.15) is 37.3 Å². The van der Waals surface area contributed by atoms with Gasteiger partial charge in [-0.3, -0.25) is 0 Å². The van der Waals surface area contributed by atoms with Crippen molar-refractivity contribution in [3.8, 4) is 5.75 Å². The van der Waals surface area contributed by atoms with Crippen LogP contribution in [0.25, 0.3) is 0 Å². The Labute approximate surface area is 92.6 Å². The smallest absolute Gasteiger partial charge is 0.119 e. The second kappa shape index (κ2) is 7.30. The Morgan fingerprint density at radius 1 is 1.00 bits per heavy atom. The molecule has 2 heteroatoms. The number of benzene rings is 1. The average molecular weight is 208 g/mol. The molecular formula is C13H20O2. The molecule has 15 heavy (non-hydrogen) atoms. The zero-order valence-corrected chi connectivity index (χ0v) is 9.88. The lowest BCUT2D eigenvalue weighted by Gasteiger charge is -2.07. The normalized spacial score (nSPS) is 9.53. The second-order valence-electron chi connectivity index (χ2n) is 3.88. The minimum Gasteiger partial charge on any atom is -0.494 e. The van der Waals surface area contributed by atoms with Gasteiger partial charge in [-0.25, -0.2) is 0 Å². The summed E-state index contributed by atoms with van der Waals surface area (Å²) in [6.07, 6.45) is 3.66. The summed E-state index contributed by atoms with van der Waals surface area (Å²) in [5.41, 5.74) is 2.55. The fourth-order valence-electron chi connectivity index (χ4n) is 1.56. The number of hydrogen-bond acceptors (Lipinski definition) is 1. The molecule has 0 saturated carbocycles. The molecule has 0 unspecified atom stereocenters. The summed E-state index contributed by atoms with van der Waals surface area (Å²) < 4.78 is 5.67. The Morgan fingerprint density at radius 3 is 2.13 bits per heavy atom. The topological polar surface area (TPSA) is 37.7 Å². The third kappa shape index (κ3) is 5.43. The molecule has 0 heterocycles. The van der Waals surface area contributed by atoms with Crippen molar-refractivity contribution >= 4 is 0 Å². The van der Waals surface area contributed by atoms with Gasteiger partial charge in [0.15, 0.2) is 0 Å². The molecule has 0 aliphatic carbocycles. The summed E-state index contributed by atoms with van der Waals surface area (Å²) in [5.74, 6) is 1.01. The van der Waals surface area contributed by atoms with Crippen LogP contribution in [0.5, 0.6) is 5.75 Å². The highest BCUT2D eigenvalue weighted by Gasteiger charge is 1.96. The van der Waals surface area contributed by atoms with E-state index in [9.17, 15) is 0 Å². The summed E-state index contributed by atoms with van der Waals surface area (Å²) in [6.45, 7) is 7.26. The Hall–Kier alpha value is -1.02. The fourth-order valence-corrected chi connectivity index (χ4v) is 1.56. The zero-order valence-electron chi connectivity index (χ0n) is 9.88. The zero-order chi connectivity index (χ0) is 10.4. The maximum Gasteiger partial charge on any atom is 0.119 e. The molecular weight excluding hydrogens is 188 g/mol. The predicted octanol–water partition coefficient (Wildman–Crippen LogP) is 3.75. The van der Waals surface area contributed by atoms with Crippen LogP contribution in [0.2, 0.25) is 0 Å². The predicted molar refractivity (Wildman–Crippen MR) is 61.6 cm³/mol. The van der Waals surface area contributed by atoms with Gasteiger partial charge in [-0.1, -0.05) is 25.8 Å². The van der Waals surface area contributed by atoms with E-state index < -0.39 is 0 Å². The van der Waals surface area contributed by atoms with Crippen molar-refractivity contribution in [3.05, 3.63) is 29.3 Å². The van der Waals surface area contributed by atoms with Gasteiger partial charge in [-0.05, 0) is 43.5 Å². The van der Waals surface area contributed by atoms with Crippen LogP contribution in [-0.2, 0) is 5.48 Å². The maximum absolute atomic E-state index is 5.67. The SMILES string of the molecule is CCCCCOc1cc(C)cc(C)c1.[O]. The highest BCUT2D eigenvalue weighted by molar-refractivity contribution is 5.32. The van der Waals surface area contributed by atoms with E-state index in [-0.39, 0.29) is 5.48 Å². The molecule has 0 bridgehead atoms. The van der Waals surface area contributed by atoms with E-state index in [0.717, 1.165) is 18.8 Å². The number of aryl methyl sites for hydroxylation is 2. The Kier molecular flexibility index (Phi) is 6.80. The van der Waals surface area contributed by atoms with E-state index in [2.05, 4.69) is 39.0 Å². The monoisotopic (exact) mass is 208 g/mol. The largest absolute Gasteiger partial charge is 0.494 e. The van der Waals surface area contributed by atoms with Crippen molar-refractivity contribution in [3.63, 3.8) is 0 Å². The summed E-state index contributed by atoms with van der Waals surface area (Å²) >= 11 is 0. The van der Waals surface area contributed by atoms with Gasteiger partial charge < -0.3 is 4.74 Å². The molecule has 0 amide bonds. The van der Waals surface area contributed by atoms with Crippen molar-refractivity contribution in [2.75, 3.05) is 6.61 Å². The molecule has 0 fully saturated rings. The summed E-state index contributed by atoms with van der Waals surface area (Å²) in [7, 11) is 0. The van der Waals surface area contributed by atoms with Crippen LogP contribution >= 0.6 is 0 Å². The lowest BCUT2D eigenvalue weighted by atomic mass is 10.1. The molecule has 0 atom stereocenters. The molecule has 0 aromatic heterocycles. The molecule has 2 radical (unpaired) electrons. The third-order valence-corrected chi connectivity index (χ3v) is 2.21. The number of rotatable bonds is 5. The fraction of sp³-hybridized carbons (Fsp3) is 0.538. The van der Waals surface area contributed by atoms with Crippen LogP contribution in [0.3, 0.4) is 0 Å². The second-order valence-corrected chi connectivity index (χ2v) is 3.88. The molecule has 0 aliphatic heterocycles. The van der Waals surface area contributed by atoms with Crippen LogP contribution in [0.4, 0.5) is 0 Å². The van der Waals surface area contributed by atoms with Crippen LogP contribution in [-0.4, -0.2) is 6.61 Å². The van der Waals surface area contributed by atoms with E-state index in [1.807, 2.05) is 0 Å². The number of unbranched alkanes of at least 4 members (excludes halogenated alkanes) is 2. The Bertz CT molecular complexity index is 262. The molecule has 0 saturated heterocycles. The van der Waals surface area contributed by atoms with Crippen molar-refractivity contribution in [2.24, 2.45) is 0 Å². The Balaban J connectivity index is 0.00000196. The number of ether oxygens (including phenoxy) is 1. The molecule has 1 aromatic carbocycles. The molecule has 84 valence electrons. The van der Waals surface area contributed by atoms with Crippen molar-refractivity contribution in [1.82, 2.24) is 0 Å². The van der Waals surface area contributed by atoms with Gasteiger partial charge in [0.1, 0.15) is 5.75 Å². The van der Waals surface area contributed by atoms with Gasteiger partial charge >= 0.3 is 0 Å². The molecule has 0 N–H and O–H groups in total. The van der Waals surface area contributed by atoms with Crippen molar-refractivity contribution in [1.29, 1.82) is 0 Å². The van der Waals surface area contributed by atoms with Gasteiger partial charge in [0, 0.05) is 5.48 Å².